The van der Waals surface area contributed by atoms with Crippen LogP contribution in [0.2, 0.25) is 0 Å². The number of carbonyl (C=O) groups is 1. The van der Waals surface area contributed by atoms with Gasteiger partial charge >= 0.3 is 0 Å². The number of furan rings is 1. The van der Waals surface area contributed by atoms with E-state index in [0.29, 0.717) is 0 Å². The number of unbranched alkanes of at least 4 members (excludes halogenated alkanes) is 2. The zero-order chi connectivity index (χ0) is 15.1. The number of rotatable bonds is 8. The maximum absolute atomic E-state index is 12.0. The molecule has 20 heavy (non-hydrogen) atoms. The lowest BCUT2D eigenvalue weighted by atomic mass is 10.1. The molecule has 2 N–H and O–H groups in total. The average molecular weight is 280 g/mol. The number of amides is 1. The first-order valence-electron chi connectivity index (χ1n) is 7.56. The summed E-state index contributed by atoms with van der Waals surface area (Å²) in [6, 6.07) is 1.92. The van der Waals surface area contributed by atoms with E-state index in [1.165, 1.54) is 6.42 Å². The monoisotopic (exact) mass is 280 g/mol. The van der Waals surface area contributed by atoms with Gasteiger partial charge < -0.3 is 9.73 Å². The van der Waals surface area contributed by atoms with Gasteiger partial charge in [0.1, 0.15) is 11.5 Å². The fourth-order valence-corrected chi connectivity index (χ4v) is 2.36. The van der Waals surface area contributed by atoms with Gasteiger partial charge in [-0.2, -0.15) is 0 Å². The fraction of sp³-hybridized carbons (Fsp3) is 0.688. The Morgan fingerprint density at radius 2 is 2.00 bits per heavy atom. The minimum absolute atomic E-state index is 0.0609. The van der Waals surface area contributed by atoms with Gasteiger partial charge in [0.05, 0.1) is 6.04 Å². The predicted octanol–water partition coefficient (Wildman–Crippen LogP) is 3.24. The largest absolute Gasteiger partial charge is 0.466 e. The summed E-state index contributed by atoms with van der Waals surface area (Å²) in [5, 5.41) is 6.29. The number of hydrogen-bond donors (Lipinski definition) is 2. The summed E-state index contributed by atoms with van der Waals surface area (Å²) in [6.07, 6.45) is 3.37. The minimum atomic E-state index is -0.207. The molecule has 0 aliphatic heterocycles. The van der Waals surface area contributed by atoms with Gasteiger partial charge in [0, 0.05) is 18.2 Å². The van der Waals surface area contributed by atoms with Crippen molar-refractivity contribution in [1.29, 1.82) is 0 Å². The van der Waals surface area contributed by atoms with E-state index in [2.05, 4.69) is 24.5 Å². The normalized spacial score (nSPS) is 14.1. The van der Waals surface area contributed by atoms with Crippen LogP contribution in [0.15, 0.2) is 10.5 Å². The van der Waals surface area contributed by atoms with Crippen molar-refractivity contribution in [3.05, 3.63) is 23.2 Å². The Morgan fingerprint density at radius 3 is 2.55 bits per heavy atom. The van der Waals surface area contributed by atoms with Crippen molar-refractivity contribution in [1.82, 2.24) is 10.6 Å². The number of nitrogens with one attached hydrogen (secondary N) is 2. The molecule has 0 spiro atoms. The molecule has 0 aromatic carbocycles. The summed E-state index contributed by atoms with van der Waals surface area (Å²) >= 11 is 0. The van der Waals surface area contributed by atoms with Crippen LogP contribution >= 0.6 is 0 Å². The highest BCUT2D eigenvalue weighted by molar-refractivity contribution is 5.81. The van der Waals surface area contributed by atoms with Crippen LogP contribution in [-0.4, -0.2) is 18.5 Å². The first-order valence-corrected chi connectivity index (χ1v) is 7.56. The van der Waals surface area contributed by atoms with E-state index in [4.69, 9.17) is 4.42 Å². The van der Waals surface area contributed by atoms with Gasteiger partial charge in [-0.1, -0.05) is 19.8 Å². The maximum Gasteiger partial charge on any atom is 0.236 e. The average Bonchev–Trinajstić information content (AvgIpc) is 2.73. The van der Waals surface area contributed by atoms with Crippen LogP contribution in [0.5, 0.6) is 0 Å². The Bertz CT molecular complexity index is 426. The van der Waals surface area contributed by atoms with Gasteiger partial charge in [-0.15, -0.1) is 0 Å². The second-order valence-electron chi connectivity index (χ2n) is 5.48. The summed E-state index contributed by atoms with van der Waals surface area (Å²) in [6.45, 7) is 10.8. The van der Waals surface area contributed by atoms with Crippen LogP contribution in [0.3, 0.4) is 0 Å². The molecule has 2 unspecified atom stereocenters. The maximum atomic E-state index is 12.0. The topological polar surface area (TPSA) is 54.3 Å². The quantitative estimate of drug-likeness (QED) is 0.719. The first-order chi connectivity index (χ1) is 9.45. The van der Waals surface area contributed by atoms with Gasteiger partial charge in [0.15, 0.2) is 0 Å². The van der Waals surface area contributed by atoms with Crippen LogP contribution in [-0.2, 0) is 4.79 Å². The number of carbonyl (C=O) groups excluding carboxylic acids is 1. The molecule has 0 radical (unpaired) electrons. The molecule has 1 amide bonds. The summed E-state index contributed by atoms with van der Waals surface area (Å²) in [5.41, 5.74) is 1.12. The third-order valence-corrected chi connectivity index (χ3v) is 3.52. The Balaban J connectivity index is 2.42. The molecule has 4 nitrogen and oxygen atoms in total. The van der Waals surface area contributed by atoms with Gasteiger partial charge in [-0.3, -0.25) is 10.1 Å². The molecule has 1 heterocycles. The van der Waals surface area contributed by atoms with E-state index in [1.54, 1.807) is 0 Å². The van der Waals surface area contributed by atoms with Crippen molar-refractivity contribution < 1.29 is 9.21 Å². The van der Waals surface area contributed by atoms with Crippen molar-refractivity contribution in [3.63, 3.8) is 0 Å². The molecule has 1 aromatic heterocycles. The molecule has 114 valence electrons. The Kier molecular flexibility index (Phi) is 6.79. The molecule has 4 heteroatoms. The molecular weight excluding hydrogens is 252 g/mol. The second-order valence-corrected chi connectivity index (χ2v) is 5.48. The van der Waals surface area contributed by atoms with Crippen molar-refractivity contribution in [2.75, 3.05) is 6.54 Å². The molecule has 0 saturated heterocycles. The minimum Gasteiger partial charge on any atom is -0.466 e. The second kappa shape index (κ2) is 8.10. The molecule has 0 fully saturated rings. The Hall–Kier alpha value is -1.29. The zero-order valence-corrected chi connectivity index (χ0v) is 13.4. The van der Waals surface area contributed by atoms with Crippen LogP contribution in [0.4, 0.5) is 0 Å². The first kappa shape index (κ1) is 16.8. The lowest BCUT2D eigenvalue weighted by molar-refractivity contribution is -0.122. The lowest BCUT2D eigenvalue weighted by Gasteiger charge is -2.19. The summed E-state index contributed by atoms with van der Waals surface area (Å²) in [5.74, 6) is 1.88. The van der Waals surface area contributed by atoms with E-state index in [1.807, 2.05) is 26.8 Å². The summed E-state index contributed by atoms with van der Waals surface area (Å²) in [4.78, 5) is 12.0. The van der Waals surface area contributed by atoms with Crippen molar-refractivity contribution >= 4 is 5.91 Å². The predicted molar refractivity (Wildman–Crippen MR) is 81.7 cm³/mol. The zero-order valence-electron chi connectivity index (χ0n) is 13.4. The highest BCUT2D eigenvalue weighted by atomic mass is 16.3. The van der Waals surface area contributed by atoms with E-state index in [0.717, 1.165) is 36.5 Å². The Morgan fingerprint density at radius 1 is 1.30 bits per heavy atom. The third kappa shape index (κ3) is 5.00. The van der Waals surface area contributed by atoms with Crippen molar-refractivity contribution in [3.8, 4) is 0 Å². The fourth-order valence-electron chi connectivity index (χ4n) is 2.36. The van der Waals surface area contributed by atoms with E-state index in [9.17, 15) is 4.79 Å². The van der Waals surface area contributed by atoms with E-state index >= 15 is 0 Å². The highest BCUT2D eigenvalue weighted by Gasteiger charge is 2.18. The highest BCUT2D eigenvalue weighted by Crippen LogP contribution is 2.21. The van der Waals surface area contributed by atoms with E-state index in [-0.39, 0.29) is 18.0 Å². The third-order valence-electron chi connectivity index (χ3n) is 3.52. The summed E-state index contributed by atoms with van der Waals surface area (Å²) in [7, 11) is 0. The van der Waals surface area contributed by atoms with Crippen LogP contribution < -0.4 is 10.6 Å². The molecule has 1 aromatic rings. The van der Waals surface area contributed by atoms with Gasteiger partial charge in [-0.25, -0.2) is 0 Å². The Labute approximate surface area is 122 Å². The number of hydrogen-bond acceptors (Lipinski definition) is 3. The van der Waals surface area contributed by atoms with Gasteiger partial charge in [0.25, 0.3) is 0 Å². The summed E-state index contributed by atoms with van der Waals surface area (Å²) < 4.78 is 5.53. The number of aryl methyl sites for hydroxylation is 2. The standard InChI is InChI=1S/C16H28N2O2/c1-6-7-8-9-17-16(19)13(4)18-12(3)15-10-11(2)20-14(15)5/h10,12-13,18H,6-9H2,1-5H3,(H,17,19). The molecule has 0 saturated carbocycles. The van der Waals surface area contributed by atoms with Crippen LogP contribution in [0.1, 0.15) is 63.2 Å². The molecule has 1 rings (SSSR count). The molecular formula is C16H28N2O2. The molecule has 0 aliphatic rings. The van der Waals surface area contributed by atoms with Gasteiger partial charge in [0.2, 0.25) is 5.91 Å². The van der Waals surface area contributed by atoms with Crippen molar-refractivity contribution in [2.45, 2.75) is 66.0 Å². The smallest absolute Gasteiger partial charge is 0.236 e. The molecule has 0 bridgehead atoms. The van der Waals surface area contributed by atoms with Crippen LogP contribution in [0.25, 0.3) is 0 Å². The van der Waals surface area contributed by atoms with Crippen LogP contribution in [0, 0.1) is 13.8 Å². The molecule has 0 aliphatic carbocycles. The molecule has 2 atom stereocenters. The van der Waals surface area contributed by atoms with E-state index < -0.39 is 0 Å². The van der Waals surface area contributed by atoms with Crippen molar-refractivity contribution in [2.24, 2.45) is 0 Å². The SMILES string of the molecule is CCCCCNC(=O)C(C)NC(C)c1cc(C)oc1C. The van der Waals surface area contributed by atoms with Gasteiger partial charge in [-0.05, 0) is 40.2 Å². The lowest BCUT2D eigenvalue weighted by Crippen LogP contribution is -2.43.